The molecule has 1 atom stereocenters. The first-order chi connectivity index (χ1) is 7.70. The number of nitrogens with zero attached hydrogens (tertiary/aromatic N) is 2. The second kappa shape index (κ2) is 4.91. The summed E-state index contributed by atoms with van der Waals surface area (Å²) in [6.45, 7) is 0. The summed E-state index contributed by atoms with van der Waals surface area (Å²) >= 11 is 9.29. The number of rotatable bonds is 2. The number of halogens is 2. The van der Waals surface area contributed by atoms with Crippen molar-refractivity contribution in [2.75, 3.05) is 0 Å². The standard InChI is InChI=1S/C11H8BrClN2O/c12-8-5-14-6-15-10(8)11(16)7-3-1-2-4-9(7)13/h1-6,11,16H. The molecule has 0 radical (unpaired) electrons. The third-order valence-corrected chi connectivity index (χ3v) is 3.11. The first kappa shape index (κ1) is 11.5. The van der Waals surface area contributed by atoms with Gasteiger partial charge in [0.05, 0.1) is 10.2 Å². The van der Waals surface area contributed by atoms with Gasteiger partial charge in [-0.3, -0.25) is 0 Å². The van der Waals surface area contributed by atoms with Crippen LogP contribution in [0.15, 0.2) is 41.3 Å². The third kappa shape index (κ3) is 2.24. The molecular formula is C11H8BrClN2O. The van der Waals surface area contributed by atoms with Crippen LogP contribution < -0.4 is 0 Å². The average molecular weight is 300 g/mol. The molecule has 2 aromatic rings. The van der Waals surface area contributed by atoms with Crippen molar-refractivity contribution in [1.82, 2.24) is 9.97 Å². The van der Waals surface area contributed by atoms with Crippen molar-refractivity contribution in [1.29, 1.82) is 0 Å². The SMILES string of the molecule is OC(c1ccccc1Cl)c1ncncc1Br. The molecule has 0 aliphatic heterocycles. The second-order valence-electron chi connectivity index (χ2n) is 3.18. The van der Waals surface area contributed by atoms with E-state index in [1.807, 2.05) is 12.1 Å². The molecule has 1 unspecified atom stereocenters. The molecule has 0 spiro atoms. The van der Waals surface area contributed by atoms with Crippen LogP contribution in [0.2, 0.25) is 5.02 Å². The molecule has 0 aliphatic carbocycles. The van der Waals surface area contributed by atoms with Crippen molar-refractivity contribution >= 4 is 27.5 Å². The monoisotopic (exact) mass is 298 g/mol. The van der Waals surface area contributed by atoms with Crippen LogP contribution in [0.25, 0.3) is 0 Å². The maximum atomic E-state index is 10.1. The zero-order valence-corrected chi connectivity index (χ0v) is 10.5. The highest BCUT2D eigenvalue weighted by Gasteiger charge is 2.17. The molecule has 16 heavy (non-hydrogen) atoms. The van der Waals surface area contributed by atoms with Crippen molar-refractivity contribution in [3.8, 4) is 0 Å². The second-order valence-corrected chi connectivity index (χ2v) is 4.44. The van der Waals surface area contributed by atoms with Gasteiger partial charge in [0.15, 0.2) is 0 Å². The Kier molecular flexibility index (Phi) is 3.53. The predicted octanol–water partition coefficient (Wildman–Crippen LogP) is 2.97. The Hall–Kier alpha value is -0.970. The van der Waals surface area contributed by atoms with Crippen LogP contribution in [0, 0.1) is 0 Å². The molecular weight excluding hydrogens is 291 g/mol. The van der Waals surface area contributed by atoms with Crippen molar-refractivity contribution in [3.63, 3.8) is 0 Å². The highest BCUT2D eigenvalue weighted by molar-refractivity contribution is 9.10. The molecule has 3 nitrogen and oxygen atoms in total. The van der Waals surface area contributed by atoms with Gasteiger partial charge in [-0.1, -0.05) is 29.8 Å². The fraction of sp³-hybridized carbons (Fsp3) is 0.0909. The van der Waals surface area contributed by atoms with E-state index in [0.29, 0.717) is 20.8 Å². The van der Waals surface area contributed by atoms with Crippen molar-refractivity contribution in [2.45, 2.75) is 6.10 Å². The molecule has 1 aromatic carbocycles. The summed E-state index contributed by atoms with van der Waals surface area (Å²) in [4.78, 5) is 7.87. The van der Waals surface area contributed by atoms with E-state index in [2.05, 4.69) is 25.9 Å². The Morgan fingerprint density at radius 1 is 1.31 bits per heavy atom. The van der Waals surface area contributed by atoms with Crippen LogP contribution in [0.4, 0.5) is 0 Å². The molecule has 1 aromatic heterocycles. The van der Waals surface area contributed by atoms with Gasteiger partial charge in [0.1, 0.15) is 12.4 Å². The van der Waals surface area contributed by atoms with Crippen LogP contribution >= 0.6 is 27.5 Å². The third-order valence-electron chi connectivity index (χ3n) is 2.15. The lowest BCUT2D eigenvalue weighted by molar-refractivity contribution is 0.214. The van der Waals surface area contributed by atoms with Gasteiger partial charge in [-0.15, -0.1) is 0 Å². The van der Waals surface area contributed by atoms with E-state index in [0.717, 1.165) is 0 Å². The molecule has 0 aliphatic rings. The lowest BCUT2D eigenvalue weighted by atomic mass is 10.1. The van der Waals surface area contributed by atoms with E-state index in [-0.39, 0.29) is 0 Å². The molecule has 0 fully saturated rings. The minimum Gasteiger partial charge on any atom is -0.382 e. The zero-order chi connectivity index (χ0) is 11.5. The number of aromatic nitrogens is 2. The Morgan fingerprint density at radius 3 is 2.75 bits per heavy atom. The van der Waals surface area contributed by atoms with Crippen LogP contribution in [0.3, 0.4) is 0 Å². The van der Waals surface area contributed by atoms with Gasteiger partial charge < -0.3 is 5.11 Å². The van der Waals surface area contributed by atoms with E-state index in [1.165, 1.54) is 6.33 Å². The normalized spacial score (nSPS) is 12.4. The highest BCUT2D eigenvalue weighted by atomic mass is 79.9. The predicted molar refractivity (Wildman–Crippen MR) is 65.2 cm³/mol. The van der Waals surface area contributed by atoms with Crippen LogP contribution in [-0.4, -0.2) is 15.1 Å². The van der Waals surface area contributed by atoms with Gasteiger partial charge in [0, 0.05) is 16.8 Å². The van der Waals surface area contributed by atoms with Gasteiger partial charge in [-0.25, -0.2) is 9.97 Å². The quantitative estimate of drug-likeness (QED) is 0.927. The summed E-state index contributed by atoms with van der Waals surface area (Å²) < 4.78 is 0.655. The average Bonchev–Trinajstić information content (AvgIpc) is 2.29. The Balaban J connectivity index is 2.44. The maximum absolute atomic E-state index is 10.1. The lowest BCUT2D eigenvalue weighted by Crippen LogP contribution is -2.04. The number of benzene rings is 1. The van der Waals surface area contributed by atoms with E-state index in [9.17, 15) is 5.11 Å². The summed E-state index contributed by atoms with van der Waals surface area (Å²) in [7, 11) is 0. The molecule has 0 saturated carbocycles. The molecule has 82 valence electrons. The van der Waals surface area contributed by atoms with Crippen LogP contribution in [-0.2, 0) is 0 Å². The molecule has 1 heterocycles. The Bertz CT molecular complexity index is 461. The minimum absolute atomic E-state index is 0.503. The minimum atomic E-state index is -0.855. The molecule has 0 saturated heterocycles. The number of aliphatic hydroxyl groups is 1. The summed E-state index contributed by atoms with van der Waals surface area (Å²) in [5, 5.41) is 10.7. The molecule has 5 heteroatoms. The fourth-order valence-corrected chi connectivity index (χ4v) is 2.04. The van der Waals surface area contributed by atoms with Crippen molar-refractivity contribution in [2.24, 2.45) is 0 Å². The number of hydrogen-bond acceptors (Lipinski definition) is 3. The van der Waals surface area contributed by atoms with Gasteiger partial charge in [0.2, 0.25) is 0 Å². The van der Waals surface area contributed by atoms with Gasteiger partial charge in [-0.05, 0) is 22.0 Å². The largest absolute Gasteiger partial charge is 0.382 e. The summed E-state index contributed by atoms with van der Waals surface area (Å²) in [5.41, 5.74) is 1.13. The number of hydrogen-bond donors (Lipinski definition) is 1. The van der Waals surface area contributed by atoms with Crippen LogP contribution in [0.5, 0.6) is 0 Å². The molecule has 1 N–H and O–H groups in total. The smallest absolute Gasteiger partial charge is 0.124 e. The summed E-state index contributed by atoms with van der Waals surface area (Å²) in [5.74, 6) is 0. The van der Waals surface area contributed by atoms with Crippen molar-refractivity contribution < 1.29 is 5.11 Å². The van der Waals surface area contributed by atoms with E-state index in [1.54, 1.807) is 18.3 Å². The van der Waals surface area contributed by atoms with E-state index < -0.39 is 6.10 Å². The lowest BCUT2D eigenvalue weighted by Gasteiger charge is -2.12. The maximum Gasteiger partial charge on any atom is 0.124 e. The molecule has 2 rings (SSSR count). The zero-order valence-electron chi connectivity index (χ0n) is 8.14. The summed E-state index contributed by atoms with van der Waals surface area (Å²) in [6.07, 6.45) is 2.12. The molecule has 0 bridgehead atoms. The van der Waals surface area contributed by atoms with Gasteiger partial charge >= 0.3 is 0 Å². The van der Waals surface area contributed by atoms with E-state index in [4.69, 9.17) is 11.6 Å². The first-order valence-corrected chi connectivity index (χ1v) is 5.75. The first-order valence-electron chi connectivity index (χ1n) is 4.58. The summed E-state index contributed by atoms with van der Waals surface area (Å²) in [6, 6.07) is 7.13. The number of aliphatic hydroxyl groups excluding tert-OH is 1. The van der Waals surface area contributed by atoms with E-state index >= 15 is 0 Å². The topological polar surface area (TPSA) is 46.0 Å². The van der Waals surface area contributed by atoms with Crippen LogP contribution in [0.1, 0.15) is 17.4 Å². The van der Waals surface area contributed by atoms with Gasteiger partial charge in [-0.2, -0.15) is 0 Å². The highest BCUT2D eigenvalue weighted by Crippen LogP contribution is 2.30. The molecule has 0 amide bonds. The Labute approximate surface area is 106 Å². The van der Waals surface area contributed by atoms with Crippen molar-refractivity contribution in [3.05, 3.63) is 57.5 Å². The fourth-order valence-electron chi connectivity index (χ4n) is 1.37. The van der Waals surface area contributed by atoms with Gasteiger partial charge in [0.25, 0.3) is 0 Å². The Morgan fingerprint density at radius 2 is 2.06 bits per heavy atom.